The van der Waals surface area contributed by atoms with E-state index in [1.165, 1.54) is 66.4 Å². The molecule has 0 aromatic heterocycles. The molecule has 0 saturated carbocycles. The number of aryl methyl sites for hydroxylation is 1. The molecule has 0 aliphatic rings. The Kier molecular flexibility index (Phi) is 8.12. The molecular formula is C26H31P. The van der Waals surface area contributed by atoms with Gasteiger partial charge in [0.15, 0.2) is 0 Å². The van der Waals surface area contributed by atoms with E-state index >= 15 is 0 Å². The van der Waals surface area contributed by atoms with Gasteiger partial charge in [-0.1, -0.05) is 124 Å². The second kappa shape index (κ2) is 11.1. The largest absolute Gasteiger partial charge is 0.0654 e. The summed E-state index contributed by atoms with van der Waals surface area (Å²) < 4.78 is 0. The van der Waals surface area contributed by atoms with Gasteiger partial charge in [0.2, 0.25) is 0 Å². The first-order valence-electron chi connectivity index (χ1n) is 10.4. The van der Waals surface area contributed by atoms with Gasteiger partial charge in [-0.05, 0) is 42.2 Å². The van der Waals surface area contributed by atoms with Gasteiger partial charge in [0.25, 0.3) is 0 Å². The van der Waals surface area contributed by atoms with Crippen LogP contribution in [0.1, 0.15) is 51.0 Å². The molecule has 0 unspecified atom stereocenters. The highest BCUT2D eigenvalue weighted by Gasteiger charge is 2.15. The van der Waals surface area contributed by atoms with Crippen molar-refractivity contribution < 1.29 is 0 Å². The Hall–Kier alpha value is -1.91. The van der Waals surface area contributed by atoms with Gasteiger partial charge in [-0.3, -0.25) is 0 Å². The third-order valence-electron chi connectivity index (χ3n) is 5.04. The Labute approximate surface area is 166 Å². The van der Waals surface area contributed by atoms with Crippen LogP contribution in [0.3, 0.4) is 0 Å². The zero-order chi connectivity index (χ0) is 18.7. The number of rotatable bonds is 10. The maximum atomic E-state index is 2.36. The molecular weight excluding hydrogens is 343 g/mol. The monoisotopic (exact) mass is 374 g/mol. The van der Waals surface area contributed by atoms with Crippen LogP contribution in [0.25, 0.3) is 0 Å². The van der Waals surface area contributed by atoms with E-state index in [1.54, 1.807) is 0 Å². The predicted octanol–water partition coefficient (Wildman–Crippen LogP) is 6.35. The van der Waals surface area contributed by atoms with Gasteiger partial charge >= 0.3 is 0 Å². The van der Waals surface area contributed by atoms with E-state index in [-0.39, 0.29) is 0 Å². The van der Waals surface area contributed by atoms with Crippen LogP contribution in [-0.4, -0.2) is 0 Å². The van der Waals surface area contributed by atoms with Crippen molar-refractivity contribution in [2.75, 3.05) is 0 Å². The van der Waals surface area contributed by atoms with Crippen LogP contribution in [-0.2, 0) is 6.42 Å². The maximum absolute atomic E-state index is 2.36. The van der Waals surface area contributed by atoms with E-state index in [9.17, 15) is 0 Å². The molecule has 0 aliphatic heterocycles. The van der Waals surface area contributed by atoms with Crippen molar-refractivity contribution in [3.05, 3.63) is 90.5 Å². The molecule has 1 heteroatoms. The summed E-state index contributed by atoms with van der Waals surface area (Å²) in [4.78, 5) is 0. The van der Waals surface area contributed by atoms with Gasteiger partial charge in [0, 0.05) is 0 Å². The Morgan fingerprint density at radius 2 is 1.00 bits per heavy atom. The van der Waals surface area contributed by atoms with Gasteiger partial charge in [0.05, 0.1) is 0 Å². The van der Waals surface area contributed by atoms with Crippen LogP contribution in [0, 0.1) is 0 Å². The third-order valence-corrected chi connectivity index (χ3v) is 7.49. The van der Waals surface area contributed by atoms with Crippen LogP contribution in [0.2, 0.25) is 0 Å². The summed E-state index contributed by atoms with van der Waals surface area (Å²) in [6.07, 6.45) is 9.39. The van der Waals surface area contributed by atoms with Crippen LogP contribution in [0.15, 0.2) is 84.9 Å². The molecule has 0 atom stereocenters. The Morgan fingerprint density at radius 1 is 0.519 bits per heavy atom. The standard InChI is InChI=1S/C26H31P/c1-2-3-4-5-6-9-14-23-19-21-26(22-20-23)27(24-15-10-7-11-16-24)25-17-12-8-13-18-25/h7-8,10-13,15-22H,2-6,9,14H2,1H3. The summed E-state index contributed by atoms with van der Waals surface area (Å²) in [6.45, 7) is 2.28. The first kappa shape index (κ1) is 19.8. The molecule has 0 N–H and O–H groups in total. The average Bonchev–Trinajstić information content (AvgIpc) is 2.73. The molecule has 0 heterocycles. The van der Waals surface area contributed by atoms with Crippen molar-refractivity contribution in [1.29, 1.82) is 0 Å². The molecule has 140 valence electrons. The third kappa shape index (κ3) is 6.05. The lowest BCUT2D eigenvalue weighted by Gasteiger charge is -2.19. The maximum Gasteiger partial charge on any atom is -0.0134 e. The minimum absolute atomic E-state index is 0.481. The number of unbranched alkanes of at least 4 members (excludes halogenated alkanes) is 5. The molecule has 3 aromatic carbocycles. The molecule has 3 rings (SSSR count). The fourth-order valence-corrected chi connectivity index (χ4v) is 5.80. The topological polar surface area (TPSA) is 0 Å². The van der Waals surface area contributed by atoms with Crippen molar-refractivity contribution in [3.8, 4) is 0 Å². The number of benzene rings is 3. The van der Waals surface area contributed by atoms with E-state index in [0.29, 0.717) is 0 Å². The SMILES string of the molecule is CCCCCCCCc1ccc(P(c2ccccc2)c2ccccc2)cc1. The quantitative estimate of drug-likeness (QED) is 0.287. The van der Waals surface area contributed by atoms with E-state index in [4.69, 9.17) is 0 Å². The van der Waals surface area contributed by atoms with E-state index in [2.05, 4.69) is 91.9 Å². The highest BCUT2D eigenvalue weighted by Crippen LogP contribution is 2.32. The molecule has 27 heavy (non-hydrogen) atoms. The molecule has 0 bridgehead atoms. The van der Waals surface area contributed by atoms with Crippen molar-refractivity contribution in [2.24, 2.45) is 0 Å². The lowest BCUT2D eigenvalue weighted by molar-refractivity contribution is 0.607. The van der Waals surface area contributed by atoms with Gasteiger partial charge in [-0.15, -0.1) is 0 Å². The van der Waals surface area contributed by atoms with Gasteiger partial charge in [0.1, 0.15) is 0 Å². The molecule has 0 aliphatic carbocycles. The highest BCUT2D eigenvalue weighted by molar-refractivity contribution is 7.79. The Balaban J connectivity index is 1.69. The zero-order valence-corrected chi connectivity index (χ0v) is 17.4. The zero-order valence-electron chi connectivity index (χ0n) is 16.5. The van der Waals surface area contributed by atoms with Crippen molar-refractivity contribution in [3.63, 3.8) is 0 Å². The second-order valence-electron chi connectivity index (χ2n) is 7.19. The van der Waals surface area contributed by atoms with Crippen LogP contribution < -0.4 is 15.9 Å². The molecule has 0 spiro atoms. The van der Waals surface area contributed by atoms with E-state index in [0.717, 1.165) is 0 Å². The second-order valence-corrected chi connectivity index (χ2v) is 9.41. The summed E-state index contributed by atoms with van der Waals surface area (Å²) in [5.74, 6) is 0. The van der Waals surface area contributed by atoms with Crippen molar-refractivity contribution >= 4 is 23.8 Å². The number of hydrogen-bond donors (Lipinski definition) is 0. The van der Waals surface area contributed by atoms with Crippen molar-refractivity contribution in [1.82, 2.24) is 0 Å². The van der Waals surface area contributed by atoms with E-state index in [1.807, 2.05) is 0 Å². The summed E-state index contributed by atoms with van der Waals surface area (Å²) in [7, 11) is -0.481. The minimum atomic E-state index is -0.481. The Bertz CT molecular complexity index is 723. The molecule has 0 radical (unpaired) electrons. The molecule has 0 saturated heterocycles. The Morgan fingerprint density at radius 3 is 1.56 bits per heavy atom. The lowest BCUT2D eigenvalue weighted by atomic mass is 10.1. The minimum Gasteiger partial charge on any atom is -0.0654 e. The fraction of sp³-hybridized carbons (Fsp3) is 0.308. The molecule has 0 amide bonds. The van der Waals surface area contributed by atoms with Crippen LogP contribution in [0.4, 0.5) is 0 Å². The summed E-state index contributed by atoms with van der Waals surface area (Å²) in [6, 6.07) is 31.3. The first-order valence-corrected chi connectivity index (χ1v) is 11.7. The number of hydrogen-bond acceptors (Lipinski definition) is 0. The summed E-state index contributed by atoms with van der Waals surface area (Å²) in [5.41, 5.74) is 1.48. The molecule has 0 fully saturated rings. The highest BCUT2D eigenvalue weighted by atomic mass is 31.1. The molecule has 0 nitrogen and oxygen atoms in total. The summed E-state index contributed by atoms with van der Waals surface area (Å²) >= 11 is 0. The summed E-state index contributed by atoms with van der Waals surface area (Å²) in [5, 5.41) is 4.28. The molecule has 3 aromatic rings. The van der Waals surface area contributed by atoms with Crippen LogP contribution in [0.5, 0.6) is 0 Å². The van der Waals surface area contributed by atoms with E-state index < -0.39 is 7.92 Å². The average molecular weight is 375 g/mol. The predicted molar refractivity (Wildman–Crippen MR) is 122 cm³/mol. The fourth-order valence-electron chi connectivity index (χ4n) is 3.52. The first-order chi connectivity index (χ1) is 13.4. The van der Waals surface area contributed by atoms with Gasteiger partial charge in [-0.25, -0.2) is 0 Å². The smallest absolute Gasteiger partial charge is 0.0134 e. The van der Waals surface area contributed by atoms with Gasteiger partial charge < -0.3 is 0 Å². The normalized spacial score (nSPS) is 11.0. The van der Waals surface area contributed by atoms with Crippen LogP contribution >= 0.6 is 7.92 Å². The lowest BCUT2D eigenvalue weighted by Crippen LogP contribution is -2.20. The van der Waals surface area contributed by atoms with Gasteiger partial charge in [-0.2, -0.15) is 0 Å². The van der Waals surface area contributed by atoms with Crippen molar-refractivity contribution in [2.45, 2.75) is 51.9 Å².